The summed E-state index contributed by atoms with van der Waals surface area (Å²) in [6.45, 7) is 13.5. The average Bonchev–Trinajstić information content (AvgIpc) is 2.67. The molecule has 2 N–H and O–H groups in total. The van der Waals surface area contributed by atoms with E-state index in [-0.39, 0.29) is 5.54 Å². The largest absolute Gasteiger partial charge is 0.389 e. The highest BCUT2D eigenvalue weighted by molar-refractivity contribution is 5.11. The van der Waals surface area contributed by atoms with Crippen LogP contribution < -0.4 is 5.32 Å². The maximum Gasteiger partial charge on any atom is 0.0767 e. The van der Waals surface area contributed by atoms with Crippen LogP contribution in [0, 0.1) is 0 Å². The molecule has 1 rings (SSSR count). The van der Waals surface area contributed by atoms with Gasteiger partial charge in [-0.25, -0.2) is 0 Å². The Labute approximate surface area is 110 Å². The van der Waals surface area contributed by atoms with E-state index in [1.807, 2.05) is 32.4 Å². The second-order valence-electron chi connectivity index (χ2n) is 5.83. The second-order valence-corrected chi connectivity index (χ2v) is 5.83. The summed E-state index contributed by atoms with van der Waals surface area (Å²) < 4.78 is 2.02. The van der Waals surface area contributed by atoms with Crippen LogP contribution in [0.3, 0.4) is 0 Å². The topological polar surface area (TPSA) is 50.1 Å². The zero-order valence-corrected chi connectivity index (χ0v) is 12.5. The monoisotopic (exact) mass is 253 g/mol. The van der Waals surface area contributed by atoms with E-state index in [2.05, 4.69) is 30.3 Å². The lowest BCUT2D eigenvalue weighted by Gasteiger charge is -2.38. The fraction of sp³-hybridized carbons (Fsp3) is 0.786. The molecule has 4 heteroatoms. The highest BCUT2D eigenvalue weighted by atomic mass is 16.3. The van der Waals surface area contributed by atoms with Crippen LogP contribution in [0.25, 0.3) is 0 Å². The van der Waals surface area contributed by atoms with Gasteiger partial charge in [-0.2, -0.15) is 5.10 Å². The molecule has 0 aromatic carbocycles. The van der Waals surface area contributed by atoms with Crippen molar-refractivity contribution in [3.8, 4) is 0 Å². The zero-order valence-electron chi connectivity index (χ0n) is 12.5. The number of hydrogen-bond acceptors (Lipinski definition) is 3. The van der Waals surface area contributed by atoms with Crippen LogP contribution in [0.2, 0.25) is 0 Å². The summed E-state index contributed by atoms with van der Waals surface area (Å²) in [5, 5.41) is 18.1. The molecule has 0 bridgehead atoms. The molecule has 104 valence electrons. The van der Waals surface area contributed by atoms with E-state index in [1.54, 1.807) is 0 Å². The molecule has 0 aliphatic heterocycles. The zero-order chi connectivity index (χ0) is 14.0. The summed E-state index contributed by atoms with van der Waals surface area (Å²) in [5.41, 5.74) is 1.18. The van der Waals surface area contributed by atoms with Crippen LogP contribution in [-0.2, 0) is 19.5 Å². The highest BCUT2D eigenvalue weighted by Gasteiger charge is 2.34. The van der Waals surface area contributed by atoms with Crippen molar-refractivity contribution in [2.75, 3.05) is 0 Å². The molecule has 0 spiro atoms. The minimum atomic E-state index is -0.766. The summed E-state index contributed by atoms with van der Waals surface area (Å²) in [5.74, 6) is 0. The third-order valence-electron chi connectivity index (χ3n) is 3.82. The van der Waals surface area contributed by atoms with E-state index < -0.39 is 5.60 Å². The molecule has 1 aromatic rings. The maximum atomic E-state index is 10.1. The summed E-state index contributed by atoms with van der Waals surface area (Å²) in [4.78, 5) is 0. The van der Waals surface area contributed by atoms with Crippen molar-refractivity contribution in [2.24, 2.45) is 0 Å². The Morgan fingerprint density at radius 1 is 1.28 bits per heavy atom. The van der Waals surface area contributed by atoms with E-state index in [0.717, 1.165) is 25.2 Å². The first-order chi connectivity index (χ1) is 8.21. The van der Waals surface area contributed by atoms with Crippen LogP contribution in [0.1, 0.15) is 52.9 Å². The van der Waals surface area contributed by atoms with Gasteiger partial charge in [-0.15, -0.1) is 0 Å². The Balaban J connectivity index is 2.77. The molecule has 0 saturated carbocycles. The lowest BCUT2D eigenvalue weighted by atomic mass is 9.86. The van der Waals surface area contributed by atoms with E-state index >= 15 is 0 Å². The van der Waals surface area contributed by atoms with Crippen molar-refractivity contribution >= 4 is 0 Å². The molecule has 0 amide bonds. The summed E-state index contributed by atoms with van der Waals surface area (Å²) in [6.07, 6.45) is 0.953. The molecule has 1 aromatic heterocycles. The number of nitrogens with one attached hydrogen (secondary N) is 1. The van der Waals surface area contributed by atoms with Gasteiger partial charge < -0.3 is 10.4 Å². The SMILES string of the molecule is CCc1cc(CNC(C)(C)C(C)(C)O)n(CC)n1. The lowest BCUT2D eigenvalue weighted by Crippen LogP contribution is -2.55. The molecule has 4 nitrogen and oxygen atoms in total. The van der Waals surface area contributed by atoms with Crippen molar-refractivity contribution in [3.63, 3.8) is 0 Å². The first kappa shape index (κ1) is 15.2. The number of hydrogen-bond donors (Lipinski definition) is 2. The van der Waals surface area contributed by atoms with Gasteiger partial charge in [-0.1, -0.05) is 6.92 Å². The fourth-order valence-electron chi connectivity index (χ4n) is 1.63. The predicted octanol–water partition coefficient (Wildman–Crippen LogP) is 2.10. The number of aryl methyl sites for hydroxylation is 2. The number of rotatable bonds is 6. The normalized spacial score (nSPS) is 13.1. The molecule has 0 saturated heterocycles. The van der Waals surface area contributed by atoms with Gasteiger partial charge in [0.05, 0.1) is 17.0 Å². The van der Waals surface area contributed by atoms with Crippen LogP contribution in [0.15, 0.2) is 6.07 Å². The smallest absolute Gasteiger partial charge is 0.0767 e. The Morgan fingerprint density at radius 2 is 1.89 bits per heavy atom. The average molecular weight is 253 g/mol. The Bertz CT molecular complexity index is 388. The molecule has 1 heterocycles. The minimum Gasteiger partial charge on any atom is -0.389 e. The van der Waals surface area contributed by atoms with Crippen molar-refractivity contribution in [3.05, 3.63) is 17.5 Å². The minimum absolute atomic E-state index is 0.345. The number of aromatic nitrogens is 2. The molecule has 18 heavy (non-hydrogen) atoms. The Kier molecular flexibility index (Phi) is 4.56. The first-order valence-electron chi connectivity index (χ1n) is 6.74. The van der Waals surface area contributed by atoms with E-state index in [4.69, 9.17) is 0 Å². The Morgan fingerprint density at radius 3 is 2.33 bits per heavy atom. The van der Waals surface area contributed by atoms with E-state index in [9.17, 15) is 5.11 Å². The predicted molar refractivity (Wildman–Crippen MR) is 74.5 cm³/mol. The first-order valence-corrected chi connectivity index (χ1v) is 6.74. The number of nitrogens with zero attached hydrogens (tertiary/aromatic N) is 2. The van der Waals surface area contributed by atoms with Crippen LogP contribution in [0.4, 0.5) is 0 Å². The van der Waals surface area contributed by atoms with Gasteiger partial charge in [-0.05, 0) is 47.1 Å². The summed E-state index contributed by atoms with van der Waals surface area (Å²) in [7, 11) is 0. The molecule has 0 atom stereocenters. The molecule has 0 unspecified atom stereocenters. The van der Waals surface area contributed by atoms with E-state index in [1.165, 1.54) is 5.69 Å². The maximum absolute atomic E-state index is 10.1. The molecule has 0 aliphatic carbocycles. The van der Waals surface area contributed by atoms with Gasteiger partial charge in [0, 0.05) is 18.6 Å². The van der Waals surface area contributed by atoms with Crippen molar-refractivity contribution in [1.82, 2.24) is 15.1 Å². The van der Waals surface area contributed by atoms with Gasteiger partial charge >= 0.3 is 0 Å². The quantitative estimate of drug-likeness (QED) is 0.816. The van der Waals surface area contributed by atoms with Gasteiger partial charge in [0.15, 0.2) is 0 Å². The number of aliphatic hydroxyl groups is 1. The van der Waals surface area contributed by atoms with Crippen molar-refractivity contribution in [1.29, 1.82) is 0 Å². The molecule has 0 radical (unpaired) electrons. The second kappa shape index (κ2) is 5.41. The van der Waals surface area contributed by atoms with Gasteiger partial charge in [0.2, 0.25) is 0 Å². The van der Waals surface area contributed by atoms with E-state index in [0.29, 0.717) is 0 Å². The standard InChI is InChI=1S/C14H27N3O/c1-7-11-9-12(17(8-2)16-11)10-15-13(3,4)14(5,6)18/h9,15,18H,7-8,10H2,1-6H3. The molecular formula is C14H27N3O. The molecule has 0 fully saturated rings. The third-order valence-corrected chi connectivity index (χ3v) is 3.82. The van der Waals surface area contributed by atoms with Crippen LogP contribution >= 0.6 is 0 Å². The fourth-order valence-corrected chi connectivity index (χ4v) is 1.63. The molecule has 0 aliphatic rings. The summed E-state index contributed by atoms with van der Waals surface area (Å²) in [6, 6.07) is 2.14. The Hall–Kier alpha value is -0.870. The van der Waals surface area contributed by atoms with Gasteiger partial charge in [0.1, 0.15) is 0 Å². The van der Waals surface area contributed by atoms with Gasteiger partial charge in [-0.3, -0.25) is 4.68 Å². The summed E-state index contributed by atoms with van der Waals surface area (Å²) >= 11 is 0. The van der Waals surface area contributed by atoms with Crippen molar-refractivity contribution in [2.45, 2.75) is 72.2 Å². The van der Waals surface area contributed by atoms with Gasteiger partial charge in [0.25, 0.3) is 0 Å². The van der Waals surface area contributed by atoms with Crippen LogP contribution in [0.5, 0.6) is 0 Å². The van der Waals surface area contributed by atoms with Crippen LogP contribution in [-0.4, -0.2) is 26.0 Å². The third kappa shape index (κ3) is 3.33. The molecular weight excluding hydrogens is 226 g/mol. The van der Waals surface area contributed by atoms with Crippen molar-refractivity contribution < 1.29 is 5.11 Å². The highest BCUT2D eigenvalue weighted by Crippen LogP contribution is 2.21. The lowest BCUT2D eigenvalue weighted by molar-refractivity contribution is -0.00560.